The zero-order chi connectivity index (χ0) is 15.3. The van der Waals surface area contributed by atoms with Gasteiger partial charge in [-0.2, -0.15) is 0 Å². The number of anilines is 1. The van der Waals surface area contributed by atoms with Gasteiger partial charge in [-0.25, -0.2) is 4.99 Å². The van der Waals surface area contributed by atoms with Crippen molar-refractivity contribution >= 4 is 35.6 Å². The molecule has 0 spiro atoms. The summed E-state index contributed by atoms with van der Waals surface area (Å²) in [4.78, 5) is 4.02. The maximum absolute atomic E-state index is 12.0. The van der Waals surface area contributed by atoms with Crippen LogP contribution in [0.25, 0.3) is 0 Å². The number of hydrogen-bond donors (Lipinski definition) is 2. The average molecular weight is 427 g/mol. The third-order valence-electron chi connectivity index (χ3n) is 2.35. The van der Waals surface area contributed by atoms with Crippen LogP contribution in [0.15, 0.2) is 52.1 Å². The van der Waals surface area contributed by atoms with Crippen LogP contribution in [-0.2, 0) is 6.54 Å². The minimum absolute atomic E-state index is 0. The summed E-state index contributed by atoms with van der Waals surface area (Å²) in [6.07, 6.45) is -3.19. The van der Waals surface area contributed by atoms with Gasteiger partial charge in [0.2, 0.25) is 0 Å². The van der Waals surface area contributed by atoms with Gasteiger partial charge in [0.1, 0.15) is 18.1 Å². The Labute approximate surface area is 141 Å². The van der Waals surface area contributed by atoms with Crippen molar-refractivity contribution in [3.8, 4) is 5.75 Å². The number of hydrogen-bond acceptors (Lipinski definition) is 3. The molecule has 0 aliphatic rings. The fraction of sp³-hybridized carbons (Fsp3) is 0.154. The second-order valence-electron chi connectivity index (χ2n) is 3.98. The molecule has 5 nitrogen and oxygen atoms in total. The number of nitrogens with one attached hydrogen (secondary N) is 1. The lowest BCUT2D eigenvalue weighted by molar-refractivity contribution is -0.274. The van der Waals surface area contributed by atoms with Crippen LogP contribution >= 0.6 is 24.0 Å². The molecule has 0 aliphatic heterocycles. The first-order valence-electron chi connectivity index (χ1n) is 5.87. The van der Waals surface area contributed by atoms with E-state index in [0.29, 0.717) is 11.4 Å². The molecule has 2 aromatic rings. The lowest BCUT2D eigenvalue weighted by Gasteiger charge is -2.10. The molecule has 120 valence electrons. The minimum atomic E-state index is -4.71. The second-order valence-corrected chi connectivity index (χ2v) is 3.98. The van der Waals surface area contributed by atoms with E-state index >= 15 is 0 Å². The summed E-state index contributed by atoms with van der Waals surface area (Å²) in [6.45, 7) is 0.265. The third-order valence-corrected chi connectivity index (χ3v) is 2.35. The van der Waals surface area contributed by atoms with E-state index in [-0.39, 0.29) is 42.2 Å². The highest BCUT2D eigenvalue weighted by atomic mass is 127. The number of guanidine groups is 1. The predicted molar refractivity (Wildman–Crippen MR) is 86.2 cm³/mol. The highest BCUT2D eigenvalue weighted by Crippen LogP contribution is 2.23. The van der Waals surface area contributed by atoms with Gasteiger partial charge in [0.05, 0.1) is 6.26 Å². The molecule has 0 saturated heterocycles. The maximum Gasteiger partial charge on any atom is 0.573 e. The van der Waals surface area contributed by atoms with E-state index in [1.165, 1.54) is 30.5 Å². The molecule has 0 bridgehead atoms. The maximum atomic E-state index is 12.0. The molecule has 0 fully saturated rings. The predicted octanol–water partition coefficient (Wildman–Crippen LogP) is 3.72. The molecule has 0 atom stereocenters. The highest BCUT2D eigenvalue weighted by molar-refractivity contribution is 14.0. The number of rotatable bonds is 4. The normalized spacial score (nSPS) is 11.7. The van der Waals surface area contributed by atoms with Crippen LogP contribution in [0.5, 0.6) is 5.75 Å². The van der Waals surface area contributed by atoms with Crippen LogP contribution in [0.3, 0.4) is 0 Å². The van der Waals surface area contributed by atoms with Gasteiger partial charge in [0.25, 0.3) is 0 Å². The Balaban J connectivity index is 0.00000242. The molecule has 0 saturated carbocycles. The smallest absolute Gasteiger partial charge is 0.467 e. The van der Waals surface area contributed by atoms with Crippen LogP contribution in [-0.4, -0.2) is 12.3 Å². The van der Waals surface area contributed by atoms with E-state index in [4.69, 9.17) is 10.2 Å². The van der Waals surface area contributed by atoms with Crippen LogP contribution in [0.2, 0.25) is 0 Å². The van der Waals surface area contributed by atoms with Crippen molar-refractivity contribution in [3.63, 3.8) is 0 Å². The molecule has 22 heavy (non-hydrogen) atoms. The zero-order valence-corrected chi connectivity index (χ0v) is 13.5. The highest BCUT2D eigenvalue weighted by Gasteiger charge is 2.30. The number of benzene rings is 1. The molecular weight excluding hydrogens is 414 g/mol. The molecule has 1 heterocycles. The number of nitrogens with two attached hydrogens (primary N) is 1. The van der Waals surface area contributed by atoms with E-state index in [1.807, 2.05) is 0 Å². The van der Waals surface area contributed by atoms with Crippen LogP contribution in [0.1, 0.15) is 5.76 Å². The Kier molecular flexibility index (Phi) is 6.53. The van der Waals surface area contributed by atoms with Crippen molar-refractivity contribution < 1.29 is 22.3 Å². The first-order valence-corrected chi connectivity index (χ1v) is 5.87. The number of furan rings is 1. The van der Waals surface area contributed by atoms with Gasteiger partial charge in [0, 0.05) is 5.69 Å². The standard InChI is InChI=1S/C13H12F3N3O2.HI/c14-13(15,16)21-10-5-3-9(4-6-10)19-12(17)18-8-11-2-1-7-20-11;/h1-7H,8H2,(H3,17,18,19);1H. The third kappa shape index (κ3) is 6.24. The molecule has 1 aromatic carbocycles. The Hall–Kier alpha value is -1.91. The fourth-order valence-corrected chi connectivity index (χ4v) is 1.49. The van der Waals surface area contributed by atoms with Crippen molar-refractivity contribution in [2.75, 3.05) is 5.32 Å². The lowest BCUT2D eigenvalue weighted by Crippen LogP contribution is -2.22. The molecule has 0 amide bonds. The largest absolute Gasteiger partial charge is 0.573 e. The summed E-state index contributed by atoms with van der Waals surface area (Å²) in [5, 5.41) is 2.74. The first kappa shape index (κ1) is 18.1. The van der Waals surface area contributed by atoms with E-state index in [9.17, 15) is 13.2 Å². The van der Waals surface area contributed by atoms with Crippen LogP contribution < -0.4 is 15.8 Å². The first-order chi connectivity index (χ1) is 9.92. The molecular formula is C13H13F3IN3O2. The number of alkyl halides is 3. The van der Waals surface area contributed by atoms with Crippen molar-refractivity contribution in [1.29, 1.82) is 0 Å². The van der Waals surface area contributed by atoms with E-state index in [2.05, 4.69) is 15.0 Å². The van der Waals surface area contributed by atoms with Crippen LogP contribution in [0.4, 0.5) is 18.9 Å². The average Bonchev–Trinajstić information content (AvgIpc) is 2.90. The molecule has 2 rings (SSSR count). The van der Waals surface area contributed by atoms with Crippen LogP contribution in [0, 0.1) is 0 Å². The molecule has 1 aromatic heterocycles. The van der Waals surface area contributed by atoms with Gasteiger partial charge in [0.15, 0.2) is 5.96 Å². The topological polar surface area (TPSA) is 72.8 Å². The van der Waals surface area contributed by atoms with Gasteiger partial charge in [-0.05, 0) is 36.4 Å². The van der Waals surface area contributed by atoms with Crippen molar-refractivity contribution in [2.24, 2.45) is 10.7 Å². The summed E-state index contributed by atoms with van der Waals surface area (Å²) in [6, 6.07) is 8.63. The molecule has 0 unspecified atom stereocenters. The SMILES string of the molecule is I.NC(=NCc1ccco1)Nc1ccc(OC(F)(F)F)cc1. The van der Waals surface area contributed by atoms with E-state index < -0.39 is 6.36 Å². The molecule has 3 N–H and O–H groups in total. The van der Waals surface area contributed by atoms with Gasteiger partial charge in [-0.1, -0.05) is 0 Å². The summed E-state index contributed by atoms with van der Waals surface area (Å²) in [5.74, 6) is 0.462. The van der Waals surface area contributed by atoms with Gasteiger partial charge < -0.3 is 20.2 Å². The Morgan fingerprint density at radius 2 is 1.91 bits per heavy atom. The molecule has 0 aliphatic carbocycles. The minimum Gasteiger partial charge on any atom is -0.467 e. The summed E-state index contributed by atoms with van der Waals surface area (Å²) in [5.41, 5.74) is 6.14. The van der Waals surface area contributed by atoms with Crippen molar-refractivity contribution in [2.45, 2.75) is 12.9 Å². The van der Waals surface area contributed by atoms with Gasteiger partial charge >= 0.3 is 6.36 Å². The Morgan fingerprint density at radius 3 is 2.45 bits per heavy atom. The van der Waals surface area contributed by atoms with Crippen molar-refractivity contribution in [3.05, 3.63) is 48.4 Å². The number of halogens is 4. The Bertz CT molecular complexity index is 598. The van der Waals surface area contributed by atoms with Gasteiger partial charge in [-0.3, -0.25) is 0 Å². The van der Waals surface area contributed by atoms with Gasteiger partial charge in [-0.15, -0.1) is 37.1 Å². The number of nitrogens with zero attached hydrogens (tertiary/aromatic N) is 1. The number of ether oxygens (including phenoxy) is 1. The lowest BCUT2D eigenvalue weighted by atomic mass is 10.3. The summed E-state index contributed by atoms with van der Waals surface area (Å²) >= 11 is 0. The van der Waals surface area contributed by atoms with E-state index in [0.717, 1.165) is 0 Å². The molecule has 0 radical (unpaired) electrons. The van der Waals surface area contributed by atoms with Crippen molar-refractivity contribution in [1.82, 2.24) is 0 Å². The summed E-state index contributed by atoms with van der Waals surface area (Å²) in [7, 11) is 0. The zero-order valence-electron chi connectivity index (χ0n) is 11.1. The monoisotopic (exact) mass is 427 g/mol. The Morgan fingerprint density at radius 1 is 1.23 bits per heavy atom. The molecule has 9 heteroatoms. The fourth-order valence-electron chi connectivity index (χ4n) is 1.49. The summed E-state index contributed by atoms with van der Waals surface area (Å²) < 4.78 is 44.8. The number of aliphatic imine (C=N–C) groups is 1. The van der Waals surface area contributed by atoms with E-state index in [1.54, 1.807) is 12.1 Å². The second kappa shape index (κ2) is 7.92. The quantitative estimate of drug-likeness (QED) is 0.443.